The molecular weight excluding hydrogens is 633 g/mol. The first-order chi connectivity index (χ1) is 23.2. The molecule has 4 aromatic rings. The Balaban J connectivity index is 1.10. The molecule has 0 bridgehead atoms. The van der Waals surface area contributed by atoms with Crippen LogP contribution >= 0.6 is 11.3 Å². The second kappa shape index (κ2) is 15.2. The molecule has 0 radical (unpaired) electrons. The Bertz CT molecular complexity index is 1750. The highest BCUT2D eigenvalue weighted by Gasteiger charge is 2.27. The number of nitrogens with one attached hydrogen (secondary N) is 2. The Morgan fingerprint density at radius 2 is 1.77 bits per heavy atom. The minimum Gasteiger partial charge on any atom is -0.508 e. The van der Waals surface area contributed by atoms with Crippen LogP contribution in [0, 0.1) is 5.82 Å². The average molecular weight is 674 g/mol. The number of phenolic OH excluding ortho intramolecular Hbond substituents is 1. The maximum absolute atomic E-state index is 14.4. The highest BCUT2D eigenvalue weighted by Crippen LogP contribution is 2.33. The Morgan fingerprint density at radius 3 is 2.48 bits per heavy atom. The van der Waals surface area contributed by atoms with E-state index in [2.05, 4.69) is 25.5 Å². The summed E-state index contributed by atoms with van der Waals surface area (Å²) in [4.78, 5) is 37.0. The zero-order valence-corrected chi connectivity index (χ0v) is 27.9. The zero-order chi connectivity index (χ0) is 33.6. The number of phenols is 1. The predicted octanol–water partition coefficient (Wildman–Crippen LogP) is 6.27. The van der Waals surface area contributed by atoms with Crippen LogP contribution in [-0.4, -0.2) is 70.2 Å². The monoisotopic (exact) mass is 673 g/mol. The molecule has 2 aromatic carbocycles. The SMILES string of the molecule is CC(C)c1nc(C(=O)N[C@H]2CC[C@H](NC(=O)c3cc(F)cnc3Oc3cccc(-c4ccc(O)cc4CN4CCOCC4)c3)CC2)cs1. The quantitative estimate of drug-likeness (QED) is 0.180. The van der Waals surface area contributed by atoms with Gasteiger partial charge in [0.15, 0.2) is 0 Å². The predicted molar refractivity (Wildman–Crippen MR) is 181 cm³/mol. The fourth-order valence-electron chi connectivity index (χ4n) is 6.06. The standard InChI is InChI=1S/C36H40FN5O5S/c1-22(2)36-41-32(21-48-36)34(45)40-27-8-6-26(7-9-27)39-33(44)31-18-25(37)19-38-35(31)47-29-5-3-4-23(17-29)30-11-10-28(43)16-24(30)20-42-12-14-46-15-13-42/h3-5,10-11,16-19,21-22,26-27,43H,6-9,12-15,20H2,1-2H3,(H,39,44)(H,40,45)/t26-,27-. The lowest BCUT2D eigenvalue weighted by molar-refractivity contribution is 0.0342. The highest BCUT2D eigenvalue weighted by atomic mass is 32.1. The van der Waals surface area contributed by atoms with Crippen molar-refractivity contribution in [3.63, 3.8) is 0 Å². The summed E-state index contributed by atoms with van der Waals surface area (Å²) < 4.78 is 25.9. The number of thiazole rings is 1. The van der Waals surface area contributed by atoms with Gasteiger partial charge in [0, 0.05) is 43.0 Å². The third-order valence-electron chi connectivity index (χ3n) is 8.65. The number of benzene rings is 2. The number of rotatable bonds is 10. The van der Waals surface area contributed by atoms with Crippen LogP contribution in [0.5, 0.6) is 17.4 Å². The maximum atomic E-state index is 14.4. The van der Waals surface area contributed by atoms with Crippen LogP contribution in [0.2, 0.25) is 0 Å². The van der Waals surface area contributed by atoms with Crippen LogP contribution in [-0.2, 0) is 11.3 Å². The van der Waals surface area contributed by atoms with Gasteiger partial charge >= 0.3 is 0 Å². The van der Waals surface area contributed by atoms with Gasteiger partial charge in [0.25, 0.3) is 11.8 Å². The molecular formula is C36H40FN5O5S. The molecule has 6 rings (SSSR count). The lowest BCUT2D eigenvalue weighted by atomic mass is 9.91. The Morgan fingerprint density at radius 1 is 1.04 bits per heavy atom. The molecule has 0 spiro atoms. The van der Waals surface area contributed by atoms with Gasteiger partial charge in [-0.05, 0) is 72.7 Å². The summed E-state index contributed by atoms with van der Waals surface area (Å²) in [6, 6.07) is 13.7. The molecule has 12 heteroatoms. The van der Waals surface area contributed by atoms with Crippen LogP contribution in [0.1, 0.15) is 76.9 Å². The fraction of sp³-hybridized carbons (Fsp3) is 0.389. The number of aromatic hydroxyl groups is 1. The van der Waals surface area contributed by atoms with Gasteiger partial charge in [0.05, 0.1) is 24.4 Å². The summed E-state index contributed by atoms with van der Waals surface area (Å²) in [6.07, 6.45) is 3.73. The van der Waals surface area contributed by atoms with E-state index < -0.39 is 11.7 Å². The smallest absolute Gasteiger partial charge is 0.270 e. The van der Waals surface area contributed by atoms with E-state index in [1.807, 2.05) is 38.1 Å². The molecule has 1 aliphatic heterocycles. The van der Waals surface area contributed by atoms with Gasteiger partial charge in [-0.25, -0.2) is 14.4 Å². The number of pyridine rings is 1. The fourth-order valence-corrected chi connectivity index (χ4v) is 6.88. The minimum absolute atomic E-state index is 0.00189. The second-order valence-corrected chi connectivity index (χ2v) is 13.5. The summed E-state index contributed by atoms with van der Waals surface area (Å²) in [5, 5.41) is 19.0. The van der Waals surface area contributed by atoms with Gasteiger partial charge in [-0.2, -0.15) is 0 Å². The number of hydrogen-bond acceptors (Lipinski definition) is 9. The van der Waals surface area contributed by atoms with Crippen molar-refractivity contribution in [2.45, 2.75) is 64.1 Å². The summed E-state index contributed by atoms with van der Waals surface area (Å²) in [6.45, 7) is 7.71. The van der Waals surface area contributed by atoms with E-state index in [9.17, 15) is 19.1 Å². The summed E-state index contributed by atoms with van der Waals surface area (Å²) in [5.74, 6) is -0.416. The lowest BCUT2D eigenvalue weighted by Crippen LogP contribution is -2.44. The van der Waals surface area contributed by atoms with Crippen molar-refractivity contribution >= 4 is 23.2 Å². The molecule has 3 heterocycles. The van der Waals surface area contributed by atoms with Crippen LogP contribution in [0.15, 0.2) is 60.1 Å². The van der Waals surface area contributed by atoms with Crippen molar-refractivity contribution in [1.82, 2.24) is 25.5 Å². The molecule has 48 heavy (non-hydrogen) atoms. The molecule has 1 saturated heterocycles. The van der Waals surface area contributed by atoms with E-state index in [-0.39, 0.29) is 41.1 Å². The normalized spacial score (nSPS) is 18.4. The first kappa shape index (κ1) is 33.5. The molecule has 0 atom stereocenters. The maximum Gasteiger partial charge on any atom is 0.270 e. The van der Waals surface area contributed by atoms with Gasteiger partial charge in [-0.3, -0.25) is 14.5 Å². The highest BCUT2D eigenvalue weighted by molar-refractivity contribution is 7.09. The lowest BCUT2D eigenvalue weighted by Gasteiger charge is -2.29. The second-order valence-electron chi connectivity index (χ2n) is 12.6. The zero-order valence-electron chi connectivity index (χ0n) is 27.1. The van der Waals surface area contributed by atoms with Gasteiger partial charge in [0.2, 0.25) is 5.88 Å². The third-order valence-corrected chi connectivity index (χ3v) is 9.80. The molecule has 0 unspecified atom stereocenters. The topological polar surface area (TPSA) is 126 Å². The van der Waals surface area contributed by atoms with E-state index in [0.717, 1.165) is 47.1 Å². The van der Waals surface area contributed by atoms with Crippen molar-refractivity contribution in [2.24, 2.45) is 0 Å². The number of aromatic nitrogens is 2. The first-order valence-electron chi connectivity index (χ1n) is 16.3. The van der Waals surface area contributed by atoms with Crippen LogP contribution in [0.4, 0.5) is 4.39 Å². The number of amides is 2. The van der Waals surface area contributed by atoms with Crippen LogP contribution in [0.3, 0.4) is 0 Å². The first-order valence-corrected chi connectivity index (χ1v) is 17.2. The van der Waals surface area contributed by atoms with Crippen molar-refractivity contribution in [2.75, 3.05) is 26.3 Å². The molecule has 1 aliphatic carbocycles. The van der Waals surface area contributed by atoms with Gasteiger partial charge < -0.3 is 25.2 Å². The Hall–Kier alpha value is -4.39. The van der Waals surface area contributed by atoms with Gasteiger partial charge in [-0.1, -0.05) is 32.0 Å². The molecule has 10 nitrogen and oxygen atoms in total. The minimum atomic E-state index is -0.646. The van der Waals surface area contributed by atoms with E-state index in [4.69, 9.17) is 9.47 Å². The molecule has 2 aliphatic rings. The molecule has 2 amide bonds. The Kier molecular flexibility index (Phi) is 10.6. The summed E-state index contributed by atoms with van der Waals surface area (Å²) >= 11 is 1.49. The molecule has 252 valence electrons. The molecule has 2 aromatic heterocycles. The van der Waals surface area contributed by atoms with Crippen LogP contribution < -0.4 is 15.4 Å². The van der Waals surface area contributed by atoms with Crippen molar-refractivity contribution in [3.8, 4) is 28.5 Å². The number of hydrogen-bond donors (Lipinski definition) is 3. The van der Waals surface area contributed by atoms with E-state index in [0.29, 0.717) is 56.9 Å². The van der Waals surface area contributed by atoms with Crippen LogP contribution in [0.25, 0.3) is 11.1 Å². The van der Waals surface area contributed by atoms with Gasteiger partial charge in [-0.15, -0.1) is 11.3 Å². The van der Waals surface area contributed by atoms with E-state index in [1.54, 1.807) is 23.6 Å². The number of morpholine rings is 1. The molecule has 2 fully saturated rings. The van der Waals surface area contributed by atoms with Gasteiger partial charge in [0.1, 0.15) is 28.6 Å². The number of carbonyl (C=O) groups is 2. The van der Waals surface area contributed by atoms with E-state index >= 15 is 0 Å². The average Bonchev–Trinajstić information content (AvgIpc) is 3.59. The van der Waals surface area contributed by atoms with Crippen molar-refractivity contribution < 1.29 is 28.6 Å². The van der Waals surface area contributed by atoms with Crippen molar-refractivity contribution in [1.29, 1.82) is 0 Å². The Labute approximate surface area is 283 Å². The number of carbonyl (C=O) groups excluding carboxylic acids is 2. The summed E-state index contributed by atoms with van der Waals surface area (Å²) in [7, 11) is 0. The molecule has 3 N–H and O–H groups in total. The van der Waals surface area contributed by atoms with E-state index in [1.165, 1.54) is 11.3 Å². The number of ether oxygens (including phenoxy) is 2. The van der Waals surface area contributed by atoms with Crippen molar-refractivity contribution in [3.05, 3.63) is 87.8 Å². The number of halogens is 1. The summed E-state index contributed by atoms with van der Waals surface area (Å²) in [5.41, 5.74) is 3.20. The third kappa shape index (κ3) is 8.36. The number of nitrogens with zero attached hydrogens (tertiary/aromatic N) is 3. The largest absolute Gasteiger partial charge is 0.508 e. The molecule has 1 saturated carbocycles.